The third-order valence-corrected chi connectivity index (χ3v) is 4.72. The maximum absolute atomic E-state index is 13.8. The molecule has 0 spiro atoms. The van der Waals surface area contributed by atoms with E-state index >= 15 is 0 Å². The first-order chi connectivity index (χ1) is 14.1. The van der Waals surface area contributed by atoms with Crippen LogP contribution in [0.4, 0.5) is 14.5 Å². The van der Waals surface area contributed by atoms with Crippen molar-refractivity contribution in [1.82, 2.24) is 14.5 Å². The summed E-state index contributed by atoms with van der Waals surface area (Å²) in [5.41, 5.74) is 3.40. The first-order valence-electron chi connectivity index (χ1n) is 8.90. The molecule has 3 heterocycles. The van der Waals surface area contributed by atoms with Gasteiger partial charge in [-0.2, -0.15) is 0 Å². The second kappa shape index (κ2) is 6.56. The van der Waals surface area contributed by atoms with Crippen LogP contribution in [0.2, 0.25) is 0 Å². The molecule has 0 bridgehead atoms. The molecule has 3 aromatic heterocycles. The molecule has 142 valence electrons. The minimum atomic E-state index is -0.431. The van der Waals surface area contributed by atoms with Crippen molar-refractivity contribution < 1.29 is 13.6 Å². The first-order valence-corrected chi connectivity index (χ1v) is 8.90. The molecule has 5 nitrogen and oxygen atoms in total. The van der Waals surface area contributed by atoms with Crippen LogP contribution in [0, 0.1) is 11.6 Å². The maximum atomic E-state index is 13.8. The minimum absolute atomic E-state index is 0.253. The number of hydrogen-bond donors (Lipinski definition) is 2. The normalized spacial score (nSPS) is 11.2. The second-order valence-corrected chi connectivity index (χ2v) is 6.64. The molecule has 0 aliphatic carbocycles. The zero-order valence-corrected chi connectivity index (χ0v) is 15.0. The number of anilines is 1. The molecular weight excluding hydrogens is 374 g/mol. The van der Waals surface area contributed by atoms with Gasteiger partial charge in [0, 0.05) is 17.3 Å². The molecule has 0 saturated heterocycles. The summed E-state index contributed by atoms with van der Waals surface area (Å²) in [7, 11) is 0. The highest BCUT2D eigenvalue weighted by atomic mass is 19.1. The van der Waals surface area contributed by atoms with Crippen molar-refractivity contribution in [2.75, 3.05) is 5.32 Å². The van der Waals surface area contributed by atoms with E-state index in [0.717, 1.165) is 11.0 Å². The molecule has 7 heteroatoms. The summed E-state index contributed by atoms with van der Waals surface area (Å²) in [6.45, 7) is 0. The van der Waals surface area contributed by atoms with Crippen LogP contribution < -0.4 is 5.32 Å². The third-order valence-electron chi connectivity index (χ3n) is 4.72. The summed E-state index contributed by atoms with van der Waals surface area (Å²) in [6.07, 6.45) is 3.32. The molecule has 0 aliphatic heterocycles. The maximum Gasteiger partial charge on any atom is 0.272 e. The molecule has 0 unspecified atom stereocenters. The average molecular weight is 388 g/mol. The lowest BCUT2D eigenvalue weighted by Crippen LogP contribution is -2.16. The molecule has 29 heavy (non-hydrogen) atoms. The summed E-state index contributed by atoms with van der Waals surface area (Å²) in [5.74, 6) is -1.26. The summed E-state index contributed by atoms with van der Waals surface area (Å²) in [6, 6.07) is 15.3. The molecule has 5 aromatic rings. The highest BCUT2D eigenvalue weighted by molar-refractivity contribution is 6.07. The van der Waals surface area contributed by atoms with Gasteiger partial charge >= 0.3 is 0 Å². The number of aromatic nitrogens is 3. The number of carbonyl (C=O) groups excluding carboxylic acids is 1. The predicted octanol–water partition coefficient (Wildman–Crippen LogP) is 5.04. The van der Waals surface area contributed by atoms with Crippen molar-refractivity contribution in [2.24, 2.45) is 0 Å². The summed E-state index contributed by atoms with van der Waals surface area (Å²) < 4.78 is 29.2. The standard InChI is InChI=1S/C22H14F2N4O/c23-14-2-1-3-17(10-14)28-20-5-4-15(24)8-13(20)9-21(28)22(29)27-16-11-19-18(26-12-16)6-7-25-19/h1-12,25H,(H,27,29). The van der Waals surface area contributed by atoms with Crippen molar-refractivity contribution >= 4 is 33.5 Å². The van der Waals surface area contributed by atoms with E-state index in [4.69, 9.17) is 0 Å². The Bertz CT molecular complexity index is 1390. The average Bonchev–Trinajstić information content (AvgIpc) is 3.31. The van der Waals surface area contributed by atoms with Crippen LogP contribution in [-0.4, -0.2) is 20.4 Å². The van der Waals surface area contributed by atoms with Crippen molar-refractivity contribution in [3.05, 3.63) is 90.4 Å². The zero-order valence-electron chi connectivity index (χ0n) is 15.0. The van der Waals surface area contributed by atoms with E-state index in [1.807, 2.05) is 6.07 Å². The van der Waals surface area contributed by atoms with Crippen LogP contribution in [0.5, 0.6) is 0 Å². The lowest BCUT2D eigenvalue weighted by atomic mass is 10.2. The molecule has 0 radical (unpaired) electrons. The van der Waals surface area contributed by atoms with Gasteiger partial charge in [-0.15, -0.1) is 0 Å². The smallest absolute Gasteiger partial charge is 0.272 e. The van der Waals surface area contributed by atoms with Crippen molar-refractivity contribution in [3.63, 3.8) is 0 Å². The van der Waals surface area contributed by atoms with Gasteiger partial charge < -0.3 is 14.9 Å². The molecule has 1 amide bonds. The fourth-order valence-electron chi connectivity index (χ4n) is 3.44. The van der Waals surface area contributed by atoms with Crippen molar-refractivity contribution in [2.45, 2.75) is 0 Å². The summed E-state index contributed by atoms with van der Waals surface area (Å²) in [5, 5.41) is 3.35. The van der Waals surface area contributed by atoms with Crippen LogP contribution in [0.3, 0.4) is 0 Å². The number of halogens is 2. The number of H-pyrrole nitrogens is 1. The Balaban J connectivity index is 1.62. The Hall–Kier alpha value is -4.00. The van der Waals surface area contributed by atoms with E-state index in [2.05, 4.69) is 15.3 Å². The Morgan fingerprint density at radius 3 is 2.72 bits per heavy atom. The largest absolute Gasteiger partial charge is 0.360 e. The van der Waals surface area contributed by atoms with Gasteiger partial charge in [0.25, 0.3) is 5.91 Å². The molecular formula is C22H14F2N4O. The van der Waals surface area contributed by atoms with Gasteiger partial charge in [0.15, 0.2) is 0 Å². The molecule has 0 atom stereocenters. The number of benzene rings is 2. The quantitative estimate of drug-likeness (QED) is 0.455. The number of carbonyl (C=O) groups is 1. The number of aromatic amines is 1. The van der Waals surface area contributed by atoms with E-state index < -0.39 is 17.5 Å². The van der Waals surface area contributed by atoms with Gasteiger partial charge in [0.1, 0.15) is 17.3 Å². The Labute approximate surface area is 163 Å². The molecule has 0 aliphatic rings. The first kappa shape index (κ1) is 17.1. The number of hydrogen-bond acceptors (Lipinski definition) is 2. The summed E-state index contributed by atoms with van der Waals surface area (Å²) >= 11 is 0. The summed E-state index contributed by atoms with van der Waals surface area (Å²) in [4.78, 5) is 20.4. The number of nitrogens with one attached hydrogen (secondary N) is 2. The molecule has 2 aromatic carbocycles. The number of pyridine rings is 1. The second-order valence-electron chi connectivity index (χ2n) is 6.64. The lowest BCUT2D eigenvalue weighted by Gasteiger charge is -2.11. The van der Waals surface area contributed by atoms with E-state index in [9.17, 15) is 13.6 Å². The lowest BCUT2D eigenvalue weighted by molar-refractivity contribution is 0.102. The molecule has 0 saturated carbocycles. The van der Waals surface area contributed by atoms with Gasteiger partial charge in [0.2, 0.25) is 0 Å². The van der Waals surface area contributed by atoms with Gasteiger partial charge in [-0.1, -0.05) is 6.07 Å². The van der Waals surface area contributed by atoms with Crippen molar-refractivity contribution in [3.8, 4) is 5.69 Å². The molecule has 0 fully saturated rings. The molecule has 5 rings (SSSR count). The topological polar surface area (TPSA) is 62.7 Å². The highest BCUT2D eigenvalue weighted by Crippen LogP contribution is 2.27. The fourth-order valence-corrected chi connectivity index (χ4v) is 3.44. The molecule has 2 N–H and O–H groups in total. The Morgan fingerprint density at radius 1 is 1.00 bits per heavy atom. The van der Waals surface area contributed by atoms with Crippen LogP contribution >= 0.6 is 0 Å². The van der Waals surface area contributed by atoms with E-state index in [1.165, 1.54) is 24.3 Å². The predicted molar refractivity (Wildman–Crippen MR) is 107 cm³/mol. The Kier molecular flexibility index (Phi) is 3.87. The number of rotatable bonds is 3. The number of nitrogens with zero attached hydrogens (tertiary/aromatic N) is 2. The van der Waals surface area contributed by atoms with Crippen LogP contribution in [0.25, 0.3) is 27.6 Å². The number of amides is 1. The minimum Gasteiger partial charge on any atom is -0.360 e. The van der Waals surface area contributed by atoms with Crippen LogP contribution in [-0.2, 0) is 0 Å². The van der Waals surface area contributed by atoms with E-state index in [0.29, 0.717) is 22.3 Å². The van der Waals surface area contributed by atoms with Crippen LogP contribution in [0.15, 0.2) is 73.1 Å². The van der Waals surface area contributed by atoms with Gasteiger partial charge in [-0.3, -0.25) is 9.78 Å². The number of fused-ring (bicyclic) bond motifs is 2. The SMILES string of the molecule is O=C(Nc1cnc2cc[nH]c2c1)c1cc2cc(F)ccc2n1-c1cccc(F)c1. The van der Waals surface area contributed by atoms with Crippen molar-refractivity contribution in [1.29, 1.82) is 0 Å². The fraction of sp³-hybridized carbons (Fsp3) is 0. The zero-order chi connectivity index (χ0) is 20.0. The van der Waals surface area contributed by atoms with Gasteiger partial charge in [0.05, 0.1) is 28.4 Å². The monoisotopic (exact) mass is 388 g/mol. The highest BCUT2D eigenvalue weighted by Gasteiger charge is 2.18. The van der Waals surface area contributed by atoms with Crippen LogP contribution in [0.1, 0.15) is 10.5 Å². The van der Waals surface area contributed by atoms with E-state index in [1.54, 1.807) is 47.3 Å². The van der Waals surface area contributed by atoms with Gasteiger partial charge in [-0.25, -0.2) is 8.78 Å². The Morgan fingerprint density at radius 2 is 1.86 bits per heavy atom. The van der Waals surface area contributed by atoms with Gasteiger partial charge in [-0.05, 0) is 54.6 Å². The third kappa shape index (κ3) is 3.02. The van der Waals surface area contributed by atoms with E-state index in [-0.39, 0.29) is 5.69 Å².